The highest BCUT2D eigenvalue weighted by molar-refractivity contribution is 7.91. The van der Waals surface area contributed by atoms with E-state index in [9.17, 15) is 13.5 Å². The fraction of sp³-hybridized carbons (Fsp3) is 0.571. The lowest BCUT2D eigenvalue weighted by atomic mass is 10.2. The van der Waals surface area contributed by atoms with Crippen molar-refractivity contribution in [2.75, 3.05) is 38.6 Å². The Morgan fingerprint density at radius 1 is 1.25 bits per heavy atom. The number of hydrogen-bond donors (Lipinski definition) is 1. The maximum atomic E-state index is 12.3. The molecule has 1 saturated heterocycles. The Balaban J connectivity index is 1.95. The summed E-state index contributed by atoms with van der Waals surface area (Å²) in [4.78, 5) is 2.50. The van der Waals surface area contributed by atoms with Crippen LogP contribution in [0.4, 0.5) is 0 Å². The summed E-state index contributed by atoms with van der Waals surface area (Å²) in [5.74, 6) is 0.256. The molecule has 6 heteroatoms. The summed E-state index contributed by atoms with van der Waals surface area (Å²) in [5, 5.41) is 9.21. The van der Waals surface area contributed by atoms with Crippen molar-refractivity contribution in [2.24, 2.45) is 5.92 Å². The highest BCUT2D eigenvalue weighted by atomic mass is 32.2. The molecule has 1 aromatic rings. The summed E-state index contributed by atoms with van der Waals surface area (Å²) < 4.78 is 29.8. The molecule has 0 amide bonds. The van der Waals surface area contributed by atoms with Gasteiger partial charge in [0.1, 0.15) is 5.75 Å². The summed E-state index contributed by atoms with van der Waals surface area (Å²) in [6.45, 7) is 5.89. The van der Waals surface area contributed by atoms with Crippen molar-refractivity contribution in [2.45, 2.75) is 11.8 Å². The van der Waals surface area contributed by atoms with Gasteiger partial charge >= 0.3 is 0 Å². The minimum atomic E-state index is -3.30. The molecule has 0 saturated carbocycles. The Bertz CT molecular complexity index is 521. The number of morpholine rings is 1. The van der Waals surface area contributed by atoms with Crippen LogP contribution in [-0.2, 0) is 14.6 Å². The highest BCUT2D eigenvalue weighted by Gasteiger charge is 2.21. The lowest BCUT2D eigenvalue weighted by Gasteiger charge is -2.29. The standard InChI is InChI=1S/C14H21NO4S/c1-12(10-15-6-8-19-9-7-15)11-20(17,18)14-4-2-13(16)3-5-14/h2-5,12,16H,6-11H2,1H3. The van der Waals surface area contributed by atoms with Gasteiger partial charge in [0.15, 0.2) is 9.84 Å². The predicted octanol–water partition coefficient (Wildman–Crippen LogP) is 1.13. The number of phenolic OH excluding ortho intramolecular Hbond substituents is 1. The van der Waals surface area contributed by atoms with Crippen LogP contribution in [0.5, 0.6) is 5.75 Å². The average Bonchev–Trinajstić information content (AvgIpc) is 2.39. The van der Waals surface area contributed by atoms with E-state index in [1.54, 1.807) is 0 Å². The van der Waals surface area contributed by atoms with Crippen LogP contribution < -0.4 is 0 Å². The Hall–Kier alpha value is -1.11. The van der Waals surface area contributed by atoms with Gasteiger partial charge in [0, 0.05) is 19.6 Å². The van der Waals surface area contributed by atoms with Crippen molar-refractivity contribution in [3.05, 3.63) is 24.3 Å². The fourth-order valence-electron chi connectivity index (χ4n) is 2.40. The predicted molar refractivity (Wildman–Crippen MR) is 76.6 cm³/mol. The second kappa shape index (κ2) is 6.56. The number of ether oxygens (including phenoxy) is 1. The first-order chi connectivity index (χ1) is 9.47. The molecule has 0 spiro atoms. The topological polar surface area (TPSA) is 66.8 Å². The van der Waals surface area contributed by atoms with E-state index >= 15 is 0 Å². The Morgan fingerprint density at radius 3 is 2.45 bits per heavy atom. The van der Waals surface area contributed by atoms with E-state index in [1.165, 1.54) is 24.3 Å². The van der Waals surface area contributed by atoms with Crippen LogP contribution in [0.2, 0.25) is 0 Å². The van der Waals surface area contributed by atoms with Gasteiger partial charge in [0.25, 0.3) is 0 Å². The summed E-state index contributed by atoms with van der Waals surface area (Å²) in [6.07, 6.45) is 0. The first-order valence-corrected chi connectivity index (χ1v) is 8.44. The number of aromatic hydroxyl groups is 1. The highest BCUT2D eigenvalue weighted by Crippen LogP contribution is 2.18. The Morgan fingerprint density at radius 2 is 1.85 bits per heavy atom. The minimum Gasteiger partial charge on any atom is -0.508 e. The molecule has 112 valence electrons. The zero-order chi connectivity index (χ0) is 14.6. The molecule has 1 unspecified atom stereocenters. The van der Waals surface area contributed by atoms with Gasteiger partial charge < -0.3 is 9.84 Å². The van der Waals surface area contributed by atoms with Crippen LogP contribution in [0.1, 0.15) is 6.92 Å². The van der Waals surface area contributed by atoms with Gasteiger partial charge in [-0.3, -0.25) is 4.90 Å². The van der Waals surface area contributed by atoms with Crippen LogP contribution in [0.15, 0.2) is 29.2 Å². The van der Waals surface area contributed by atoms with Gasteiger partial charge in [-0.1, -0.05) is 6.92 Å². The number of sulfone groups is 1. The summed E-state index contributed by atoms with van der Waals surface area (Å²) >= 11 is 0. The third kappa shape index (κ3) is 4.19. The summed E-state index contributed by atoms with van der Waals surface area (Å²) in [6, 6.07) is 5.71. The lowest BCUT2D eigenvalue weighted by molar-refractivity contribution is 0.0330. The number of phenols is 1. The maximum Gasteiger partial charge on any atom is 0.178 e. The molecule has 1 heterocycles. The van der Waals surface area contributed by atoms with E-state index in [0.29, 0.717) is 0 Å². The van der Waals surface area contributed by atoms with E-state index in [2.05, 4.69) is 4.90 Å². The van der Waals surface area contributed by atoms with Gasteiger partial charge in [0.05, 0.1) is 23.9 Å². The molecule has 5 nitrogen and oxygen atoms in total. The van der Waals surface area contributed by atoms with Crippen molar-refractivity contribution in [1.29, 1.82) is 0 Å². The molecule has 0 aliphatic carbocycles. The van der Waals surface area contributed by atoms with Crippen molar-refractivity contribution < 1.29 is 18.3 Å². The quantitative estimate of drug-likeness (QED) is 0.883. The van der Waals surface area contributed by atoms with Crippen molar-refractivity contribution in [1.82, 2.24) is 4.90 Å². The first kappa shape index (κ1) is 15.3. The molecule has 1 aliphatic heterocycles. The molecule has 1 aliphatic rings. The first-order valence-electron chi connectivity index (χ1n) is 6.79. The van der Waals surface area contributed by atoms with Crippen LogP contribution in [0, 0.1) is 5.92 Å². The third-order valence-electron chi connectivity index (χ3n) is 3.37. The van der Waals surface area contributed by atoms with Gasteiger partial charge in [-0.25, -0.2) is 8.42 Å². The number of nitrogens with zero attached hydrogens (tertiary/aromatic N) is 1. The van der Waals surface area contributed by atoms with Crippen molar-refractivity contribution in [3.8, 4) is 5.75 Å². The largest absolute Gasteiger partial charge is 0.508 e. The molecular weight excluding hydrogens is 278 g/mol. The molecule has 20 heavy (non-hydrogen) atoms. The van der Waals surface area contributed by atoms with Crippen LogP contribution in [0.25, 0.3) is 0 Å². The number of rotatable bonds is 5. The Labute approximate surface area is 120 Å². The molecule has 2 rings (SSSR count). The van der Waals surface area contributed by atoms with E-state index < -0.39 is 9.84 Å². The summed E-state index contributed by atoms with van der Waals surface area (Å²) in [5.41, 5.74) is 0. The smallest absolute Gasteiger partial charge is 0.178 e. The van der Waals surface area contributed by atoms with Crippen LogP contribution in [-0.4, -0.2) is 57.0 Å². The minimum absolute atomic E-state index is 0.0619. The molecule has 1 N–H and O–H groups in total. The fourth-order valence-corrected chi connectivity index (χ4v) is 4.00. The van der Waals surface area contributed by atoms with Crippen molar-refractivity contribution >= 4 is 9.84 Å². The molecule has 1 atom stereocenters. The second-order valence-corrected chi connectivity index (χ2v) is 7.33. The Kier molecular flexibility index (Phi) is 5.01. The second-order valence-electron chi connectivity index (χ2n) is 5.29. The third-order valence-corrected chi connectivity index (χ3v) is 5.37. The normalized spacial score (nSPS) is 18.9. The zero-order valence-corrected chi connectivity index (χ0v) is 12.5. The SMILES string of the molecule is CC(CN1CCOCC1)CS(=O)(=O)c1ccc(O)cc1. The molecule has 1 fully saturated rings. The summed E-state index contributed by atoms with van der Waals surface area (Å²) in [7, 11) is -3.30. The van der Waals surface area contributed by atoms with Gasteiger partial charge in [-0.15, -0.1) is 0 Å². The zero-order valence-electron chi connectivity index (χ0n) is 11.7. The molecule has 0 aromatic heterocycles. The van der Waals surface area contributed by atoms with E-state index in [4.69, 9.17) is 4.74 Å². The number of hydrogen-bond acceptors (Lipinski definition) is 5. The van der Waals surface area contributed by atoms with Gasteiger partial charge in [0.2, 0.25) is 0 Å². The maximum absolute atomic E-state index is 12.3. The monoisotopic (exact) mass is 299 g/mol. The van der Waals surface area contributed by atoms with Crippen LogP contribution >= 0.6 is 0 Å². The van der Waals surface area contributed by atoms with E-state index in [0.717, 1.165) is 32.8 Å². The molecule has 0 bridgehead atoms. The van der Waals surface area contributed by atoms with Crippen molar-refractivity contribution in [3.63, 3.8) is 0 Å². The lowest BCUT2D eigenvalue weighted by Crippen LogP contribution is -2.40. The molecular formula is C14H21NO4S. The van der Waals surface area contributed by atoms with Crippen LogP contribution in [0.3, 0.4) is 0 Å². The number of benzene rings is 1. The van der Waals surface area contributed by atoms with Gasteiger partial charge in [-0.2, -0.15) is 0 Å². The van der Waals surface area contributed by atoms with E-state index in [1.807, 2.05) is 6.92 Å². The average molecular weight is 299 g/mol. The van der Waals surface area contributed by atoms with E-state index in [-0.39, 0.29) is 22.3 Å². The molecule has 1 aromatic carbocycles. The van der Waals surface area contributed by atoms with Gasteiger partial charge in [-0.05, 0) is 30.2 Å². The molecule has 0 radical (unpaired) electrons.